The van der Waals surface area contributed by atoms with Gasteiger partial charge in [0.05, 0.1) is 6.20 Å². The van der Waals surface area contributed by atoms with Gasteiger partial charge in [0.15, 0.2) is 0 Å². The van der Waals surface area contributed by atoms with E-state index in [0.29, 0.717) is 18.9 Å². The van der Waals surface area contributed by atoms with Crippen molar-refractivity contribution < 1.29 is 9.18 Å². The first-order valence-corrected chi connectivity index (χ1v) is 9.16. The summed E-state index contributed by atoms with van der Waals surface area (Å²) in [5.41, 5.74) is 2.13. The Balaban J connectivity index is 1.75. The first-order valence-electron chi connectivity index (χ1n) is 9.16. The summed E-state index contributed by atoms with van der Waals surface area (Å²) in [6.45, 7) is 7.22. The number of rotatable bonds is 5. The highest BCUT2D eigenvalue weighted by atomic mass is 19.1. The van der Waals surface area contributed by atoms with E-state index in [0.717, 1.165) is 30.8 Å². The van der Waals surface area contributed by atoms with Crippen molar-refractivity contribution >= 4 is 5.91 Å². The van der Waals surface area contributed by atoms with E-state index in [9.17, 15) is 9.18 Å². The molecule has 1 aromatic carbocycles. The molecule has 1 aromatic heterocycles. The van der Waals surface area contributed by atoms with Gasteiger partial charge in [-0.05, 0) is 23.6 Å². The number of hydrogen-bond acceptors (Lipinski definition) is 3. The van der Waals surface area contributed by atoms with Gasteiger partial charge in [0.1, 0.15) is 5.82 Å². The summed E-state index contributed by atoms with van der Waals surface area (Å²) < 4.78 is 15.0. The fourth-order valence-electron chi connectivity index (χ4n) is 3.55. The maximum Gasteiger partial charge on any atom is 0.224 e. The Hall–Kier alpha value is -2.21. The molecule has 1 fully saturated rings. The van der Waals surface area contributed by atoms with E-state index in [-0.39, 0.29) is 17.8 Å². The number of benzene rings is 1. The molecule has 0 unspecified atom stereocenters. The van der Waals surface area contributed by atoms with E-state index in [4.69, 9.17) is 0 Å². The lowest BCUT2D eigenvalue weighted by Crippen LogP contribution is -2.45. The third-order valence-electron chi connectivity index (χ3n) is 5.01. The number of hydrogen-bond donors (Lipinski definition) is 0. The van der Waals surface area contributed by atoms with Crippen molar-refractivity contribution in [1.29, 1.82) is 0 Å². The molecule has 2 heterocycles. The predicted octanol–water partition coefficient (Wildman–Crippen LogP) is 2.82. The molecule has 1 aliphatic rings. The second-order valence-corrected chi connectivity index (χ2v) is 7.47. The molecule has 3 rings (SSSR count). The highest BCUT2D eigenvalue weighted by molar-refractivity contribution is 5.77. The molecule has 0 bridgehead atoms. The van der Waals surface area contributed by atoms with Crippen LogP contribution in [0.2, 0.25) is 0 Å². The lowest BCUT2D eigenvalue weighted by molar-refractivity contribution is -0.134. The Morgan fingerprint density at radius 3 is 2.54 bits per heavy atom. The van der Waals surface area contributed by atoms with Crippen LogP contribution in [0.15, 0.2) is 36.7 Å². The van der Waals surface area contributed by atoms with E-state index < -0.39 is 0 Å². The van der Waals surface area contributed by atoms with Gasteiger partial charge < -0.3 is 4.90 Å². The van der Waals surface area contributed by atoms with Crippen LogP contribution in [0.4, 0.5) is 4.39 Å². The van der Waals surface area contributed by atoms with Crippen molar-refractivity contribution in [2.75, 3.05) is 13.1 Å². The van der Waals surface area contributed by atoms with Crippen molar-refractivity contribution in [3.8, 4) is 0 Å². The molecule has 140 valence electrons. The number of carbonyl (C=O) groups is 1. The van der Waals surface area contributed by atoms with Crippen molar-refractivity contribution in [2.24, 2.45) is 13.0 Å². The molecule has 0 N–H and O–H groups in total. The van der Waals surface area contributed by atoms with Crippen LogP contribution in [0.5, 0.6) is 0 Å². The van der Waals surface area contributed by atoms with Gasteiger partial charge in [-0.2, -0.15) is 5.10 Å². The van der Waals surface area contributed by atoms with Gasteiger partial charge in [0, 0.05) is 57.4 Å². The Morgan fingerprint density at radius 1 is 1.19 bits per heavy atom. The maximum atomic E-state index is 13.2. The predicted molar refractivity (Wildman–Crippen MR) is 98.7 cm³/mol. The summed E-state index contributed by atoms with van der Waals surface area (Å²) in [6.07, 6.45) is 4.41. The highest BCUT2D eigenvalue weighted by Gasteiger charge is 2.31. The van der Waals surface area contributed by atoms with Crippen LogP contribution < -0.4 is 0 Å². The third kappa shape index (κ3) is 4.49. The first-order chi connectivity index (χ1) is 12.4. The van der Waals surface area contributed by atoms with Gasteiger partial charge in [-0.1, -0.05) is 26.0 Å². The van der Waals surface area contributed by atoms with Gasteiger partial charge in [-0.3, -0.25) is 14.4 Å². The van der Waals surface area contributed by atoms with Gasteiger partial charge in [0.2, 0.25) is 5.91 Å². The van der Waals surface area contributed by atoms with Crippen LogP contribution in [0, 0.1) is 11.7 Å². The standard InChI is InChI=1S/C20H27FN4O/c1-15(2)19-14-24(12-17-10-22-23(3)11-17)9-8-20(26)25(19)13-16-4-6-18(21)7-5-16/h4-7,10-11,15,19H,8-9,12-14H2,1-3H3/t19-/m0/s1. The fourth-order valence-corrected chi connectivity index (χ4v) is 3.55. The lowest BCUT2D eigenvalue weighted by atomic mass is 10.0. The minimum atomic E-state index is -0.251. The molecular formula is C20H27FN4O. The zero-order chi connectivity index (χ0) is 18.7. The third-order valence-corrected chi connectivity index (χ3v) is 5.01. The summed E-state index contributed by atoms with van der Waals surface area (Å²) in [5, 5.41) is 4.23. The maximum absolute atomic E-state index is 13.2. The zero-order valence-corrected chi connectivity index (χ0v) is 15.7. The molecule has 2 aromatic rings. The van der Waals surface area contributed by atoms with Crippen LogP contribution in [0.25, 0.3) is 0 Å². The summed E-state index contributed by atoms with van der Waals surface area (Å²) in [6, 6.07) is 6.57. The van der Waals surface area contributed by atoms with Gasteiger partial charge in [0.25, 0.3) is 0 Å². The number of amides is 1. The molecule has 1 saturated heterocycles. The largest absolute Gasteiger partial charge is 0.334 e. The van der Waals surface area contributed by atoms with Crippen molar-refractivity contribution in [1.82, 2.24) is 19.6 Å². The Labute approximate surface area is 154 Å². The molecule has 26 heavy (non-hydrogen) atoms. The van der Waals surface area contributed by atoms with Crippen molar-refractivity contribution in [3.05, 3.63) is 53.6 Å². The first kappa shape index (κ1) is 18.6. The molecule has 0 radical (unpaired) electrons. The van der Waals surface area contributed by atoms with Crippen LogP contribution in [-0.2, 0) is 24.9 Å². The fraction of sp³-hybridized carbons (Fsp3) is 0.500. The molecular weight excluding hydrogens is 331 g/mol. The average molecular weight is 358 g/mol. The number of carbonyl (C=O) groups excluding carboxylic acids is 1. The normalized spacial score (nSPS) is 19.2. The van der Waals surface area contributed by atoms with Gasteiger partial charge in [-0.15, -0.1) is 0 Å². The van der Waals surface area contributed by atoms with Crippen molar-refractivity contribution in [2.45, 2.75) is 39.4 Å². The van der Waals surface area contributed by atoms with Crippen LogP contribution in [0.1, 0.15) is 31.4 Å². The molecule has 0 spiro atoms. The minimum Gasteiger partial charge on any atom is -0.334 e. The van der Waals surface area contributed by atoms with E-state index in [1.807, 2.05) is 24.3 Å². The summed E-state index contributed by atoms with van der Waals surface area (Å²) in [7, 11) is 1.91. The molecule has 6 heteroatoms. The highest BCUT2D eigenvalue weighted by Crippen LogP contribution is 2.22. The molecule has 5 nitrogen and oxygen atoms in total. The smallest absolute Gasteiger partial charge is 0.224 e. The van der Waals surface area contributed by atoms with E-state index in [1.54, 1.807) is 16.8 Å². The number of nitrogens with zero attached hydrogens (tertiary/aromatic N) is 4. The van der Waals surface area contributed by atoms with Gasteiger partial charge >= 0.3 is 0 Å². The number of aromatic nitrogens is 2. The average Bonchev–Trinajstić information content (AvgIpc) is 2.94. The molecule has 0 saturated carbocycles. The Kier molecular flexibility index (Phi) is 5.71. The number of aryl methyl sites for hydroxylation is 1. The van der Waals surface area contributed by atoms with Crippen LogP contribution in [-0.4, -0.2) is 44.6 Å². The second-order valence-electron chi connectivity index (χ2n) is 7.47. The molecule has 0 aliphatic carbocycles. The monoisotopic (exact) mass is 358 g/mol. The molecule has 1 amide bonds. The zero-order valence-electron chi connectivity index (χ0n) is 15.7. The minimum absolute atomic E-state index is 0.131. The summed E-state index contributed by atoms with van der Waals surface area (Å²) >= 11 is 0. The Bertz CT molecular complexity index is 741. The molecule has 1 atom stereocenters. The topological polar surface area (TPSA) is 41.4 Å². The van der Waals surface area contributed by atoms with Crippen molar-refractivity contribution in [3.63, 3.8) is 0 Å². The summed E-state index contributed by atoms with van der Waals surface area (Å²) in [5.74, 6) is 0.259. The quantitative estimate of drug-likeness (QED) is 0.825. The van der Waals surface area contributed by atoms with E-state index in [1.165, 1.54) is 12.1 Å². The van der Waals surface area contributed by atoms with E-state index >= 15 is 0 Å². The van der Waals surface area contributed by atoms with E-state index in [2.05, 4.69) is 23.8 Å². The summed E-state index contributed by atoms with van der Waals surface area (Å²) in [4.78, 5) is 17.1. The number of halogens is 1. The Morgan fingerprint density at radius 2 is 1.92 bits per heavy atom. The van der Waals surface area contributed by atoms with Crippen LogP contribution >= 0.6 is 0 Å². The molecule has 1 aliphatic heterocycles. The second kappa shape index (κ2) is 7.99. The van der Waals surface area contributed by atoms with Crippen LogP contribution in [0.3, 0.4) is 0 Å². The SMILES string of the molecule is CC(C)[C@@H]1CN(Cc2cnn(C)c2)CCC(=O)N1Cc1ccc(F)cc1. The van der Waals surface area contributed by atoms with Gasteiger partial charge in [-0.25, -0.2) is 4.39 Å². The lowest BCUT2D eigenvalue weighted by Gasteiger charge is -2.34.